The standard InChI is InChI=1S/C25H24N6O/c1-19-9-5-6-12-21(19)29-25(28-18-26)30-15-16-31(24(32)22-13-7-8-14-27-22)23(17-30)20-10-3-2-4-11-20/h2-14,23H,15-17H2,1H3,(H,28,29). The number of nitriles is 1. The molecule has 32 heavy (non-hydrogen) atoms. The number of aliphatic imine (C=N–C) groups is 1. The van der Waals surface area contributed by atoms with Gasteiger partial charge in [-0.25, -0.2) is 0 Å². The molecule has 2 aromatic carbocycles. The van der Waals surface area contributed by atoms with Crippen molar-refractivity contribution in [2.45, 2.75) is 13.0 Å². The van der Waals surface area contributed by atoms with Crippen molar-refractivity contribution < 1.29 is 4.79 Å². The van der Waals surface area contributed by atoms with Crippen LogP contribution in [0, 0.1) is 18.4 Å². The predicted molar refractivity (Wildman–Crippen MR) is 124 cm³/mol. The summed E-state index contributed by atoms with van der Waals surface area (Å²) in [4.78, 5) is 25.5. The predicted octanol–water partition coefficient (Wildman–Crippen LogP) is 3.84. The minimum absolute atomic E-state index is 0.107. The number of carbonyl (C=O) groups excluding carboxylic acids is 1. The third-order valence-corrected chi connectivity index (χ3v) is 5.56. The van der Waals surface area contributed by atoms with Crippen molar-refractivity contribution in [3.63, 3.8) is 0 Å². The summed E-state index contributed by atoms with van der Waals surface area (Å²) in [7, 11) is 0. The first kappa shape index (κ1) is 21.1. The SMILES string of the molecule is Cc1ccccc1N/C(=N/C#N)N1CCN(C(=O)c2ccccn2)C(c2ccccc2)C1. The lowest BCUT2D eigenvalue weighted by Crippen LogP contribution is -2.53. The lowest BCUT2D eigenvalue weighted by Gasteiger charge is -2.42. The highest BCUT2D eigenvalue weighted by Gasteiger charge is 2.34. The molecule has 160 valence electrons. The number of nitrogens with zero attached hydrogens (tertiary/aromatic N) is 5. The van der Waals surface area contributed by atoms with Crippen molar-refractivity contribution >= 4 is 17.6 Å². The van der Waals surface area contributed by atoms with E-state index in [1.165, 1.54) is 0 Å². The fourth-order valence-electron chi connectivity index (χ4n) is 3.87. The van der Waals surface area contributed by atoms with Gasteiger partial charge in [0.2, 0.25) is 12.2 Å². The highest BCUT2D eigenvalue weighted by Crippen LogP contribution is 2.27. The van der Waals surface area contributed by atoms with Gasteiger partial charge in [0.15, 0.2) is 0 Å². The summed E-state index contributed by atoms with van der Waals surface area (Å²) in [5, 5.41) is 12.6. The van der Waals surface area contributed by atoms with Crippen molar-refractivity contribution in [3.05, 3.63) is 95.8 Å². The first-order chi connectivity index (χ1) is 15.7. The Balaban J connectivity index is 1.63. The summed E-state index contributed by atoms with van der Waals surface area (Å²) in [6.45, 7) is 3.53. The van der Waals surface area contributed by atoms with Crippen LogP contribution in [-0.4, -0.2) is 46.3 Å². The van der Waals surface area contributed by atoms with E-state index in [1.54, 1.807) is 18.3 Å². The van der Waals surface area contributed by atoms with Gasteiger partial charge in [-0.1, -0.05) is 54.6 Å². The largest absolute Gasteiger partial charge is 0.338 e. The van der Waals surface area contributed by atoms with E-state index in [1.807, 2.05) is 83.6 Å². The molecule has 1 fully saturated rings. The zero-order valence-electron chi connectivity index (χ0n) is 17.8. The fourth-order valence-corrected chi connectivity index (χ4v) is 3.87. The van der Waals surface area contributed by atoms with E-state index in [0.29, 0.717) is 31.3 Å². The summed E-state index contributed by atoms with van der Waals surface area (Å²) in [6.07, 6.45) is 3.54. The van der Waals surface area contributed by atoms with Crippen LogP contribution >= 0.6 is 0 Å². The van der Waals surface area contributed by atoms with Crippen LogP contribution in [0.1, 0.15) is 27.7 Å². The van der Waals surface area contributed by atoms with E-state index in [-0.39, 0.29) is 11.9 Å². The Morgan fingerprint density at radius 1 is 1.06 bits per heavy atom. The Labute approximate surface area is 187 Å². The number of nitrogens with one attached hydrogen (secondary N) is 1. The lowest BCUT2D eigenvalue weighted by atomic mass is 10.0. The Morgan fingerprint density at radius 3 is 2.53 bits per heavy atom. The quantitative estimate of drug-likeness (QED) is 0.392. The minimum Gasteiger partial charge on any atom is -0.338 e. The Morgan fingerprint density at radius 2 is 1.81 bits per heavy atom. The number of aryl methyl sites for hydroxylation is 1. The van der Waals surface area contributed by atoms with Gasteiger partial charge < -0.3 is 15.1 Å². The molecule has 1 aromatic heterocycles. The van der Waals surface area contributed by atoms with E-state index in [2.05, 4.69) is 15.3 Å². The molecule has 1 aliphatic rings. The van der Waals surface area contributed by atoms with E-state index < -0.39 is 0 Å². The van der Waals surface area contributed by atoms with Crippen LogP contribution in [0.5, 0.6) is 0 Å². The molecule has 4 rings (SSSR count). The van der Waals surface area contributed by atoms with Crippen LogP contribution < -0.4 is 5.32 Å². The lowest BCUT2D eigenvalue weighted by molar-refractivity contribution is 0.0544. The number of carbonyl (C=O) groups is 1. The third-order valence-electron chi connectivity index (χ3n) is 5.56. The number of piperazine rings is 1. The molecule has 1 saturated heterocycles. The number of para-hydroxylation sites is 1. The molecule has 0 spiro atoms. The monoisotopic (exact) mass is 424 g/mol. The first-order valence-corrected chi connectivity index (χ1v) is 10.5. The van der Waals surface area contributed by atoms with Crippen molar-refractivity contribution in [2.75, 3.05) is 25.0 Å². The number of guanidine groups is 1. The zero-order valence-corrected chi connectivity index (χ0v) is 17.8. The minimum atomic E-state index is -0.206. The molecule has 1 unspecified atom stereocenters. The summed E-state index contributed by atoms with van der Waals surface area (Å²) >= 11 is 0. The normalized spacial score (nSPS) is 16.4. The second-order valence-electron chi connectivity index (χ2n) is 7.56. The van der Waals surface area contributed by atoms with Crippen LogP contribution in [0.2, 0.25) is 0 Å². The van der Waals surface area contributed by atoms with Gasteiger partial charge in [0, 0.05) is 31.5 Å². The first-order valence-electron chi connectivity index (χ1n) is 10.5. The third kappa shape index (κ3) is 4.60. The highest BCUT2D eigenvalue weighted by atomic mass is 16.2. The maximum Gasteiger partial charge on any atom is 0.273 e. The van der Waals surface area contributed by atoms with Gasteiger partial charge in [0.25, 0.3) is 5.91 Å². The van der Waals surface area contributed by atoms with Gasteiger partial charge in [-0.3, -0.25) is 9.78 Å². The number of hydrogen-bond donors (Lipinski definition) is 1. The van der Waals surface area contributed by atoms with Gasteiger partial charge in [-0.2, -0.15) is 5.26 Å². The van der Waals surface area contributed by atoms with Crippen molar-refractivity contribution in [1.29, 1.82) is 5.26 Å². The fraction of sp³-hybridized carbons (Fsp3) is 0.200. The van der Waals surface area contributed by atoms with Crippen molar-refractivity contribution in [1.82, 2.24) is 14.8 Å². The average Bonchev–Trinajstić information content (AvgIpc) is 2.85. The molecule has 1 N–H and O–H groups in total. The number of hydrogen-bond acceptors (Lipinski definition) is 4. The van der Waals surface area contributed by atoms with Crippen LogP contribution in [0.4, 0.5) is 5.69 Å². The van der Waals surface area contributed by atoms with Gasteiger partial charge >= 0.3 is 0 Å². The Kier molecular flexibility index (Phi) is 6.42. The molecule has 2 heterocycles. The van der Waals surface area contributed by atoms with Crippen LogP contribution in [-0.2, 0) is 0 Å². The van der Waals surface area contributed by atoms with Gasteiger partial charge in [-0.05, 0) is 36.2 Å². The summed E-state index contributed by atoms with van der Waals surface area (Å²) in [6, 6.07) is 22.9. The van der Waals surface area contributed by atoms with Crippen molar-refractivity contribution in [2.24, 2.45) is 4.99 Å². The van der Waals surface area contributed by atoms with E-state index in [4.69, 9.17) is 0 Å². The molecule has 1 aliphatic heterocycles. The molecular weight excluding hydrogens is 400 g/mol. The van der Waals surface area contributed by atoms with Crippen LogP contribution in [0.3, 0.4) is 0 Å². The molecule has 0 radical (unpaired) electrons. The molecule has 0 saturated carbocycles. The molecule has 7 nitrogen and oxygen atoms in total. The second-order valence-corrected chi connectivity index (χ2v) is 7.56. The topological polar surface area (TPSA) is 84.6 Å². The maximum absolute atomic E-state index is 13.3. The van der Waals surface area contributed by atoms with E-state index in [9.17, 15) is 10.1 Å². The van der Waals surface area contributed by atoms with E-state index >= 15 is 0 Å². The number of amides is 1. The van der Waals surface area contributed by atoms with Crippen molar-refractivity contribution in [3.8, 4) is 6.19 Å². The number of anilines is 1. The molecule has 0 aliphatic carbocycles. The number of rotatable bonds is 3. The van der Waals surface area contributed by atoms with Crippen LogP contribution in [0.15, 0.2) is 84.0 Å². The van der Waals surface area contributed by atoms with Crippen LogP contribution in [0.25, 0.3) is 0 Å². The molecule has 0 bridgehead atoms. The number of benzene rings is 2. The molecule has 3 aromatic rings. The Bertz CT molecular complexity index is 1140. The summed E-state index contributed by atoms with van der Waals surface area (Å²) < 4.78 is 0. The average molecular weight is 425 g/mol. The molecule has 1 atom stereocenters. The smallest absolute Gasteiger partial charge is 0.273 e. The maximum atomic E-state index is 13.3. The zero-order chi connectivity index (χ0) is 22.3. The number of aromatic nitrogens is 1. The number of pyridine rings is 1. The van der Waals surface area contributed by atoms with Gasteiger partial charge in [0.1, 0.15) is 5.69 Å². The molecule has 1 amide bonds. The highest BCUT2D eigenvalue weighted by molar-refractivity contribution is 5.96. The van der Waals surface area contributed by atoms with E-state index in [0.717, 1.165) is 16.8 Å². The van der Waals surface area contributed by atoms with Gasteiger partial charge in [-0.15, -0.1) is 4.99 Å². The molecule has 7 heteroatoms. The Hall–Kier alpha value is -4.18. The second kappa shape index (κ2) is 9.75. The summed E-state index contributed by atoms with van der Waals surface area (Å²) in [5.41, 5.74) is 3.39. The molecular formula is C25H24N6O. The van der Waals surface area contributed by atoms with Gasteiger partial charge in [0.05, 0.1) is 6.04 Å². The summed E-state index contributed by atoms with van der Waals surface area (Å²) in [5.74, 6) is 0.373.